The molecule has 0 saturated carbocycles. The lowest BCUT2D eigenvalue weighted by atomic mass is 10.1. The van der Waals surface area contributed by atoms with Gasteiger partial charge in [-0.25, -0.2) is 0 Å². The zero-order valence-corrected chi connectivity index (χ0v) is 20.3. The highest BCUT2D eigenvalue weighted by Gasteiger charge is 2.23. The molecule has 0 atom stereocenters. The maximum Gasteiger partial charge on any atom is 0.177 e. The first-order valence-electron chi connectivity index (χ1n) is 12.0. The van der Waals surface area contributed by atoms with Gasteiger partial charge in [0.25, 0.3) is 0 Å². The van der Waals surface area contributed by atoms with Crippen LogP contribution in [0.1, 0.15) is 68.9 Å². The maximum absolute atomic E-state index is 11.4. The van der Waals surface area contributed by atoms with Crippen LogP contribution in [0, 0.1) is 0 Å². The van der Waals surface area contributed by atoms with Gasteiger partial charge in [0.2, 0.25) is 0 Å². The quantitative estimate of drug-likeness (QED) is 0.636. The number of nitrogens with one attached hydrogen (secondary N) is 1. The molecule has 0 aliphatic carbocycles. The van der Waals surface area contributed by atoms with Crippen LogP contribution in [-0.2, 0) is 5.75 Å². The van der Waals surface area contributed by atoms with Gasteiger partial charge in [0.15, 0.2) is 5.78 Å². The minimum absolute atomic E-state index is 0.0498. The molecule has 2 saturated heterocycles. The minimum Gasteiger partial charge on any atom is -0.302 e. The first kappa shape index (κ1) is 24.0. The number of ketones is 1. The maximum atomic E-state index is 11.4. The molecule has 2 aromatic rings. The number of fused-ring (bicyclic) bond motifs is 3. The fourth-order valence-electron chi connectivity index (χ4n) is 4.43. The van der Waals surface area contributed by atoms with Gasteiger partial charge in [-0.05, 0) is 57.9 Å². The molecular formula is C25H38N4OS. The number of benzene rings is 1. The number of rotatable bonds is 4. The number of thioether (sulfide) groups is 1. The molecule has 170 valence electrons. The smallest absolute Gasteiger partial charge is 0.177 e. The van der Waals surface area contributed by atoms with Crippen molar-refractivity contribution in [2.75, 3.05) is 39.3 Å². The third-order valence-electron chi connectivity index (χ3n) is 6.11. The summed E-state index contributed by atoms with van der Waals surface area (Å²) in [6.07, 6.45) is 7.18. The number of Topliss-reactive ketones (excluding diaryl/α,β-unsaturated/α-hetero) is 1. The lowest BCUT2D eigenvalue weighted by Crippen LogP contribution is -2.36. The van der Waals surface area contributed by atoms with Crippen molar-refractivity contribution in [2.24, 2.45) is 0 Å². The Balaban J connectivity index is 0.000000166. The normalized spacial score (nSPS) is 18.2. The predicted molar refractivity (Wildman–Crippen MR) is 131 cm³/mol. The average Bonchev–Trinajstić information content (AvgIpc) is 3.50. The third kappa shape index (κ3) is 6.43. The van der Waals surface area contributed by atoms with Crippen molar-refractivity contribution >= 4 is 17.5 Å². The molecule has 0 spiro atoms. The van der Waals surface area contributed by atoms with E-state index in [-0.39, 0.29) is 5.78 Å². The minimum atomic E-state index is 0.0498. The van der Waals surface area contributed by atoms with E-state index in [0.29, 0.717) is 5.69 Å². The molecule has 5 rings (SSSR count). The summed E-state index contributed by atoms with van der Waals surface area (Å²) in [6, 6.07) is 8.15. The van der Waals surface area contributed by atoms with E-state index in [4.69, 9.17) is 0 Å². The number of carbonyl (C=O) groups is 1. The second-order valence-electron chi connectivity index (χ2n) is 8.22. The number of nitrogens with zero attached hydrogens (tertiary/aromatic N) is 3. The van der Waals surface area contributed by atoms with E-state index in [0.717, 1.165) is 22.6 Å². The monoisotopic (exact) mass is 442 g/mol. The summed E-state index contributed by atoms with van der Waals surface area (Å²) in [6.45, 7) is 13.6. The van der Waals surface area contributed by atoms with E-state index in [1.54, 1.807) is 18.7 Å². The number of likely N-dealkylation sites (tertiary alicyclic amines) is 2. The first-order valence-corrected chi connectivity index (χ1v) is 13.0. The van der Waals surface area contributed by atoms with Crippen LogP contribution in [0.2, 0.25) is 0 Å². The molecule has 6 heteroatoms. The fraction of sp³-hybridized carbons (Fsp3) is 0.600. The lowest BCUT2D eigenvalue weighted by molar-refractivity contribution is 0.101. The Labute approximate surface area is 192 Å². The number of aromatic amines is 1. The summed E-state index contributed by atoms with van der Waals surface area (Å²) in [4.78, 5) is 17.9. The van der Waals surface area contributed by atoms with Crippen LogP contribution in [0.5, 0.6) is 0 Å². The molecule has 3 aliphatic heterocycles. The molecule has 2 fully saturated rings. The number of hydrogen-bond acceptors (Lipinski definition) is 5. The summed E-state index contributed by atoms with van der Waals surface area (Å²) >= 11 is 1.76. The SMILES string of the molecule is C1CCN(CCN2CCCC2)CC1.CC.CC(=O)c1[nH]nc2c1CSc1ccccc1-2. The van der Waals surface area contributed by atoms with Crippen molar-refractivity contribution in [3.05, 3.63) is 35.5 Å². The molecule has 1 aromatic carbocycles. The molecule has 4 heterocycles. The van der Waals surface area contributed by atoms with Crippen molar-refractivity contribution in [3.63, 3.8) is 0 Å². The third-order valence-corrected chi connectivity index (χ3v) is 7.21. The molecule has 31 heavy (non-hydrogen) atoms. The number of aromatic nitrogens is 2. The predicted octanol–water partition coefficient (Wildman–Crippen LogP) is 5.48. The topological polar surface area (TPSA) is 52.2 Å². The van der Waals surface area contributed by atoms with E-state index in [1.165, 1.54) is 76.3 Å². The molecule has 0 unspecified atom stereocenters. The summed E-state index contributed by atoms with van der Waals surface area (Å²) in [5, 5.41) is 7.10. The zero-order valence-electron chi connectivity index (χ0n) is 19.5. The Hall–Kier alpha value is -1.63. The lowest BCUT2D eigenvalue weighted by Gasteiger charge is -2.28. The average molecular weight is 443 g/mol. The summed E-state index contributed by atoms with van der Waals surface area (Å²) < 4.78 is 0. The van der Waals surface area contributed by atoms with Gasteiger partial charge < -0.3 is 9.80 Å². The van der Waals surface area contributed by atoms with Gasteiger partial charge in [-0.1, -0.05) is 38.5 Å². The van der Waals surface area contributed by atoms with E-state index in [9.17, 15) is 4.79 Å². The van der Waals surface area contributed by atoms with E-state index >= 15 is 0 Å². The van der Waals surface area contributed by atoms with Crippen LogP contribution in [0.4, 0.5) is 0 Å². The summed E-state index contributed by atoms with van der Waals surface area (Å²) in [5.41, 5.74) is 3.74. The molecule has 0 amide bonds. The molecule has 3 aliphatic rings. The van der Waals surface area contributed by atoms with Crippen LogP contribution in [0.25, 0.3) is 11.3 Å². The van der Waals surface area contributed by atoms with E-state index in [1.807, 2.05) is 32.0 Å². The first-order chi connectivity index (χ1) is 15.2. The Morgan fingerprint density at radius 1 is 0.968 bits per heavy atom. The van der Waals surface area contributed by atoms with Gasteiger partial charge in [0.1, 0.15) is 5.69 Å². The van der Waals surface area contributed by atoms with E-state index in [2.05, 4.69) is 26.1 Å². The Bertz CT molecular complexity index is 823. The van der Waals surface area contributed by atoms with Gasteiger partial charge in [0.05, 0.1) is 5.69 Å². The Kier molecular flexibility index (Phi) is 9.62. The van der Waals surface area contributed by atoms with Crippen molar-refractivity contribution in [1.82, 2.24) is 20.0 Å². The highest BCUT2D eigenvalue weighted by atomic mass is 32.2. The Morgan fingerprint density at radius 2 is 1.55 bits per heavy atom. The molecule has 0 radical (unpaired) electrons. The van der Waals surface area contributed by atoms with Gasteiger partial charge in [0, 0.05) is 41.8 Å². The summed E-state index contributed by atoms with van der Waals surface area (Å²) in [5.74, 6) is 0.867. The van der Waals surface area contributed by atoms with Gasteiger partial charge in [-0.3, -0.25) is 9.89 Å². The second-order valence-corrected chi connectivity index (χ2v) is 9.24. The van der Waals surface area contributed by atoms with Crippen molar-refractivity contribution < 1.29 is 4.79 Å². The van der Waals surface area contributed by atoms with Crippen LogP contribution in [0.3, 0.4) is 0 Å². The highest BCUT2D eigenvalue weighted by Crippen LogP contribution is 2.41. The highest BCUT2D eigenvalue weighted by molar-refractivity contribution is 7.98. The molecular weight excluding hydrogens is 404 g/mol. The van der Waals surface area contributed by atoms with Crippen LogP contribution in [0.15, 0.2) is 29.2 Å². The zero-order chi connectivity index (χ0) is 22.1. The van der Waals surface area contributed by atoms with Gasteiger partial charge in [-0.15, -0.1) is 11.8 Å². The number of carbonyl (C=O) groups excluding carboxylic acids is 1. The second kappa shape index (κ2) is 12.4. The molecule has 0 bridgehead atoms. The summed E-state index contributed by atoms with van der Waals surface area (Å²) in [7, 11) is 0. The van der Waals surface area contributed by atoms with Crippen molar-refractivity contribution in [1.29, 1.82) is 0 Å². The van der Waals surface area contributed by atoms with Gasteiger partial charge in [-0.2, -0.15) is 5.10 Å². The van der Waals surface area contributed by atoms with Crippen LogP contribution < -0.4 is 0 Å². The fourth-order valence-corrected chi connectivity index (χ4v) is 5.51. The van der Waals surface area contributed by atoms with Crippen molar-refractivity contribution in [3.8, 4) is 11.3 Å². The number of hydrogen-bond donors (Lipinski definition) is 1. The largest absolute Gasteiger partial charge is 0.302 e. The van der Waals surface area contributed by atoms with E-state index < -0.39 is 0 Å². The number of piperidine rings is 1. The molecule has 5 nitrogen and oxygen atoms in total. The van der Waals surface area contributed by atoms with Crippen molar-refractivity contribution in [2.45, 2.75) is 63.5 Å². The van der Waals surface area contributed by atoms with Gasteiger partial charge >= 0.3 is 0 Å². The van der Waals surface area contributed by atoms with Crippen LogP contribution in [-0.4, -0.2) is 65.0 Å². The number of H-pyrrole nitrogens is 1. The standard InChI is InChI=1S/C12H10N2OS.C11H22N2.C2H6/c1-7(15)11-9-6-16-10-5-3-2-4-8(10)12(9)14-13-11;1-2-6-12(7-3-1)10-11-13-8-4-5-9-13;1-2/h2-5H,6H2,1H3,(H,13,14);1-11H2;1-2H3. The Morgan fingerprint density at radius 3 is 2.16 bits per heavy atom. The van der Waals surface area contributed by atoms with Crippen LogP contribution >= 0.6 is 11.8 Å². The molecule has 1 N–H and O–H groups in total. The molecule has 1 aromatic heterocycles.